The van der Waals surface area contributed by atoms with Crippen LogP contribution in [0.3, 0.4) is 0 Å². The Kier molecular flexibility index (Phi) is 7.52. The van der Waals surface area contributed by atoms with Gasteiger partial charge in [0.05, 0.1) is 23.1 Å². The van der Waals surface area contributed by atoms with Gasteiger partial charge in [-0.05, 0) is 50.0 Å². The van der Waals surface area contributed by atoms with Crippen LogP contribution in [0.4, 0.5) is 0 Å². The molecule has 1 aromatic carbocycles. The van der Waals surface area contributed by atoms with Gasteiger partial charge in [0.2, 0.25) is 5.91 Å². The number of ether oxygens (including phenoxy) is 1. The molecule has 0 aliphatic rings. The first-order chi connectivity index (χ1) is 13.6. The third-order valence-corrected chi connectivity index (χ3v) is 5.30. The van der Waals surface area contributed by atoms with E-state index in [1.165, 1.54) is 4.57 Å². The fraction of sp³-hybridized carbons (Fsp3) is 0.500. The van der Waals surface area contributed by atoms with Crippen molar-refractivity contribution in [3.05, 3.63) is 29.5 Å². The summed E-state index contributed by atoms with van der Waals surface area (Å²) in [6.07, 6.45) is 1.61. The van der Waals surface area contributed by atoms with Gasteiger partial charge in [-0.1, -0.05) is 26.8 Å². The first-order valence-corrected chi connectivity index (χ1v) is 10.4. The number of nitrogens with zero attached hydrogens (tertiary/aromatic N) is 1. The number of rotatable bonds is 9. The number of fused-ring (bicyclic) bond motifs is 1. The van der Waals surface area contributed by atoms with Crippen molar-refractivity contribution in [1.29, 1.82) is 0 Å². The van der Waals surface area contributed by atoms with Gasteiger partial charge in [-0.2, -0.15) is 12.6 Å². The Morgan fingerprint density at radius 2 is 1.83 bits per heavy atom. The molecule has 6 nitrogen and oxygen atoms in total. The van der Waals surface area contributed by atoms with Gasteiger partial charge in [0.15, 0.2) is 0 Å². The molecule has 29 heavy (non-hydrogen) atoms. The SMILES string of the molecule is CCOc1cccc2c1c(C(=O)C(N)=O)c(C)n2C(=O)C(C)CC(C)CC(C)S. The van der Waals surface area contributed by atoms with Gasteiger partial charge in [-0.3, -0.25) is 19.0 Å². The van der Waals surface area contributed by atoms with Crippen LogP contribution in [-0.2, 0) is 4.79 Å². The molecule has 2 N–H and O–H groups in total. The van der Waals surface area contributed by atoms with Gasteiger partial charge >= 0.3 is 0 Å². The first kappa shape index (κ1) is 23.0. The number of Topliss-reactive ketones (excluding diaryl/α,β-unsaturated/α-hetero) is 1. The standard InChI is InChI=1S/C22H30N2O4S/c1-6-28-17-9-7-8-16-19(17)18(20(25)21(23)26)15(5)24(16)22(27)13(3)10-12(2)11-14(4)29/h7-9,12-14,29H,6,10-11H2,1-5H3,(H2,23,26). The monoisotopic (exact) mass is 418 g/mol. The quantitative estimate of drug-likeness (QED) is 0.365. The normalized spacial score (nSPS) is 14.4. The van der Waals surface area contributed by atoms with Crippen molar-refractivity contribution in [2.75, 3.05) is 6.61 Å². The van der Waals surface area contributed by atoms with E-state index in [0.29, 0.717) is 41.3 Å². The zero-order valence-electron chi connectivity index (χ0n) is 17.7. The summed E-state index contributed by atoms with van der Waals surface area (Å²) in [4.78, 5) is 37.6. The lowest BCUT2D eigenvalue weighted by molar-refractivity contribution is -0.114. The second-order valence-corrected chi connectivity index (χ2v) is 8.62. The zero-order valence-corrected chi connectivity index (χ0v) is 18.6. The van der Waals surface area contributed by atoms with Crippen LogP contribution >= 0.6 is 12.6 Å². The summed E-state index contributed by atoms with van der Waals surface area (Å²) in [5.41, 5.74) is 6.36. The summed E-state index contributed by atoms with van der Waals surface area (Å²) >= 11 is 4.44. The minimum absolute atomic E-state index is 0.122. The summed E-state index contributed by atoms with van der Waals surface area (Å²) < 4.78 is 7.19. The Morgan fingerprint density at radius 3 is 2.38 bits per heavy atom. The Labute approximate surface area is 177 Å². The highest BCUT2D eigenvalue weighted by Gasteiger charge is 2.30. The predicted molar refractivity (Wildman–Crippen MR) is 118 cm³/mol. The molecule has 3 unspecified atom stereocenters. The second kappa shape index (κ2) is 9.48. The van der Waals surface area contributed by atoms with E-state index >= 15 is 0 Å². The van der Waals surface area contributed by atoms with Crippen molar-refractivity contribution in [2.24, 2.45) is 17.6 Å². The van der Waals surface area contributed by atoms with Crippen molar-refractivity contribution in [3.63, 3.8) is 0 Å². The third-order valence-electron chi connectivity index (χ3n) is 5.08. The summed E-state index contributed by atoms with van der Waals surface area (Å²) in [7, 11) is 0. The molecule has 2 rings (SSSR count). The predicted octanol–water partition coefficient (Wildman–Crippen LogP) is 4.03. The van der Waals surface area contributed by atoms with Crippen LogP contribution in [0.2, 0.25) is 0 Å². The number of nitrogens with two attached hydrogens (primary N) is 1. The first-order valence-electron chi connectivity index (χ1n) is 9.93. The maximum atomic E-state index is 13.4. The number of hydrogen-bond acceptors (Lipinski definition) is 5. The molecule has 1 heterocycles. The van der Waals surface area contributed by atoms with Crippen LogP contribution in [0.25, 0.3) is 10.9 Å². The molecular formula is C22H30N2O4S. The molecule has 0 aliphatic heterocycles. The van der Waals surface area contributed by atoms with Gasteiger partial charge in [0.25, 0.3) is 11.7 Å². The summed E-state index contributed by atoms with van der Waals surface area (Å²) in [5.74, 6) is -1.49. The van der Waals surface area contributed by atoms with E-state index in [2.05, 4.69) is 19.6 Å². The van der Waals surface area contributed by atoms with Gasteiger partial charge < -0.3 is 10.5 Å². The highest BCUT2D eigenvalue weighted by Crippen LogP contribution is 2.35. The molecule has 0 aliphatic carbocycles. The number of hydrogen-bond donors (Lipinski definition) is 2. The molecule has 1 aromatic heterocycles. The number of ketones is 1. The van der Waals surface area contributed by atoms with E-state index < -0.39 is 11.7 Å². The smallest absolute Gasteiger partial charge is 0.289 e. The Bertz CT molecular complexity index is 933. The van der Waals surface area contributed by atoms with Gasteiger partial charge in [0.1, 0.15) is 5.75 Å². The largest absolute Gasteiger partial charge is 0.493 e. The van der Waals surface area contributed by atoms with Crippen LogP contribution < -0.4 is 10.5 Å². The van der Waals surface area contributed by atoms with E-state index in [9.17, 15) is 14.4 Å². The van der Waals surface area contributed by atoms with E-state index in [1.54, 1.807) is 25.1 Å². The van der Waals surface area contributed by atoms with Crippen LogP contribution in [0, 0.1) is 18.8 Å². The lowest BCUT2D eigenvalue weighted by Gasteiger charge is -2.19. The average molecular weight is 419 g/mol. The van der Waals surface area contributed by atoms with Crippen LogP contribution in [0.5, 0.6) is 5.75 Å². The third kappa shape index (κ3) is 4.83. The highest BCUT2D eigenvalue weighted by molar-refractivity contribution is 7.80. The van der Waals surface area contributed by atoms with Crippen LogP contribution in [0.15, 0.2) is 18.2 Å². The number of thiol groups is 1. The maximum Gasteiger partial charge on any atom is 0.289 e. The van der Waals surface area contributed by atoms with Gasteiger partial charge in [0, 0.05) is 11.6 Å². The zero-order chi connectivity index (χ0) is 21.9. The lowest BCUT2D eigenvalue weighted by Crippen LogP contribution is -2.25. The molecule has 0 fully saturated rings. The van der Waals surface area contributed by atoms with Crippen molar-refractivity contribution in [2.45, 2.75) is 52.7 Å². The topological polar surface area (TPSA) is 91.4 Å². The fourth-order valence-electron chi connectivity index (χ4n) is 3.99. The van der Waals surface area contributed by atoms with Gasteiger partial charge in [-0.15, -0.1) is 0 Å². The molecule has 0 bridgehead atoms. The number of benzene rings is 1. The maximum absolute atomic E-state index is 13.4. The van der Waals surface area contributed by atoms with Crippen molar-refractivity contribution < 1.29 is 19.1 Å². The van der Waals surface area contributed by atoms with Crippen molar-refractivity contribution >= 4 is 41.1 Å². The molecule has 2 aromatic rings. The number of aromatic nitrogens is 1. The van der Waals surface area contributed by atoms with Crippen LogP contribution in [-0.4, -0.2) is 34.0 Å². The molecule has 0 spiro atoms. The highest BCUT2D eigenvalue weighted by atomic mass is 32.1. The number of amides is 1. The minimum atomic E-state index is -1.06. The molecular weight excluding hydrogens is 388 g/mol. The molecule has 0 saturated heterocycles. The number of primary amides is 1. The van der Waals surface area contributed by atoms with E-state index in [4.69, 9.17) is 10.5 Å². The molecule has 0 radical (unpaired) electrons. The fourth-order valence-corrected chi connectivity index (χ4v) is 4.35. The average Bonchev–Trinajstić information content (AvgIpc) is 2.92. The Balaban J connectivity index is 2.60. The minimum Gasteiger partial charge on any atom is -0.493 e. The molecule has 0 saturated carbocycles. The van der Waals surface area contributed by atoms with Crippen molar-refractivity contribution in [1.82, 2.24) is 4.57 Å². The number of carbonyl (C=O) groups is 3. The molecule has 1 amide bonds. The van der Waals surface area contributed by atoms with Crippen LogP contribution in [0.1, 0.15) is 61.4 Å². The molecule has 158 valence electrons. The summed E-state index contributed by atoms with van der Waals surface area (Å²) in [6.45, 7) is 9.90. The lowest BCUT2D eigenvalue weighted by atomic mass is 9.93. The molecule has 7 heteroatoms. The summed E-state index contributed by atoms with van der Waals surface area (Å²) in [6, 6.07) is 5.24. The summed E-state index contributed by atoms with van der Waals surface area (Å²) in [5, 5.41) is 0.711. The van der Waals surface area contributed by atoms with Gasteiger partial charge in [-0.25, -0.2) is 0 Å². The van der Waals surface area contributed by atoms with Crippen molar-refractivity contribution in [3.8, 4) is 5.75 Å². The molecule has 3 atom stereocenters. The van der Waals surface area contributed by atoms with E-state index in [0.717, 1.165) is 6.42 Å². The van der Waals surface area contributed by atoms with E-state index in [1.807, 2.05) is 20.8 Å². The van der Waals surface area contributed by atoms with E-state index in [-0.39, 0.29) is 22.6 Å². The number of carbonyl (C=O) groups excluding carboxylic acids is 3. The second-order valence-electron chi connectivity index (χ2n) is 7.74. The Morgan fingerprint density at radius 1 is 1.17 bits per heavy atom. The Hall–Kier alpha value is -2.28.